The third kappa shape index (κ3) is 5.00. The van der Waals surface area contributed by atoms with E-state index in [9.17, 15) is 4.79 Å². The van der Waals surface area contributed by atoms with Gasteiger partial charge >= 0.3 is 6.09 Å². The Morgan fingerprint density at radius 2 is 1.72 bits per heavy atom. The summed E-state index contributed by atoms with van der Waals surface area (Å²) in [6.07, 6.45) is 2.22. The number of carbonyl (C=O) groups excluding carboxylic acids is 1. The third-order valence-corrected chi connectivity index (χ3v) is 3.32. The van der Waals surface area contributed by atoms with Gasteiger partial charge in [-0.15, -0.1) is 0 Å². The number of nitrogens with zero attached hydrogens (tertiary/aromatic N) is 4. The van der Waals surface area contributed by atoms with Crippen LogP contribution in [0, 0.1) is 0 Å². The van der Waals surface area contributed by atoms with Crippen molar-refractivity contribution in [2.24, 2.45) is 4.99 Å². The standard InChI is InChI=1S/C18H17N5O2/c24-18(25-12-16-9-5-2-6-10-16)22-17(23-14-19-13-21-23)20-11-15-7-3-1-4-8-15/h1-10,13-14H,11-12H2,(H,20,22,24). The molecule has 1 N–H and O–H groups in total. The van der Waals surface area contributed by atoms with Gasteiger partial charge in [-0.05, 0) is 11.1 Å². The van der Waals surface area contributed by atoms with Crippen molar-refractivity contribution in [3.8, 4) is 0 Å². The summed E-state index contributed by atoms with van der Waals surface area (Å²) in [5, 5.41) is 6.61. The fourth-order valence-electron chi connectivity index (χ4n) is 2.09. The highest BCUT2D eigenvalue weighted by atomic mass is 16.5. The highest BCUT2D eigenvalue weighted by Crippen LogP contribution is 2.02. The van der Waals surface area contributed by atoms with Gasteiger partial charge in [-0.1, -0.05) is 60.7 Å². The normalized spacial score (nSPS) is 11.1. The first-order valence-electron chi connectivity index (χ1n) is 7.72. The van der Waals surface area contributed by atoms with E-state index >= 15 is 0 Å². The van der Waals surface area contributed by atoms with Crippen molar-refractivity contribution in [1.82, 2.24) is 20.1 Å². The Hall–Kier alpha value is -3.48. The van der Waals surface area contributed by atoms with Crippen molar-refractivity contribution in [2.75, 3.05) is 0 Å². The number of hydrogen-bond acceptors (Lipinski definition) is 5. The smallest absolute Gasteiger partial charge is 0.414 e. The van der Waals surface area contributed by atoms with Crippen LogP contribution in [0.3, 0.4) is 0 Å². The number of aromatic nitrogens is 3. The molecule has 0 saturated heterocycles. The molecular formula is C18H17N5O2. The van der Waals surface area contributed by atoms with E-state index in [1.54, 1.807) is 0 Å². The van der Waals surface area contributed by atoms with E-state index in [2.05, 4.69) is 20.4 Å². The van der Waals surface area contributed by atoms with Crippen LogP contribution in [-0.4, -0.2) is 26.8 Å². The molecule has 7 nitrogen and oxygen atoms in total. The maximum atomic E-state index is 12.1. The minimum absolute atomic E-state index is 0.177. The Morgan fingerprint density at radius 1 is 1.04 bits per heavy atom. The molecular weight excluding hydrogens is 318 g/mol. The fraction of sp³-hybridized carbons (Fsp3) is 0.111. The molecule has 25 heavy (non-hydrogen) atoms. The highest BCUT2D eigenvalue weighted by molar-refractivity contribution is 5.94. The fourth-order valence-corrected chi connectivity index (χ4v) is 2.09. The zero-order valence-electron chi connectivity index (χ0n) is 13.4. The van der Waals surface area contributed by atoms with Crippen LogP contribution >= 0.6 is 0 Å². The lowest BCUT2D eigenvalue weighted by Crippen LogP contribution is -2.36. The van der Waals surface area contributed by atoms with Crippen LogP contribution in [0.15, 0.2) is 78.3 Å². The van der Waals surface area contributed by atoms with Crippen molar-refractivity contribution in [3.05, 3.63) is 84.4 Å². The van der Waals surface area contributed by atoms with Crippen molar-refractivity contribution in [2.45, 2.75) is 13.2 Å². The van der Waals surface area contributed by atoms with E-state index < -0.39 is 6.09 Å². The molecule has 0 bridgehead atoms. The molecule has 3 aromatic rings. The number of nitrogens with one attached hydrogen (secondary N) is 1. The Balaban J connectivity index is 1.64. The Kier molecular flexibility index (Phi) is 5.50. The number of benzene rings is 2. The minimum Gasteiger partial charge on any atom is -0.444 e. The van der Waals surface area contributed by atoms with Crippen LogP contribution in [0.2, 0.25) is 0 Å². The number of ether oxygens (including phenoxy) is 1. The molecule has 3 rings (SSSR count). The molecule has 1 aromatic heterocycles. The second-order valence-corrected chi connectivity index (χ2v) is 5.15. The lowest BCUT2D eigenvalue weighted by molar-refractivity contribution is 0.144. The summed E-state index contributed by atoms with van der Waals surface area (Å²) in [4.78, 5) is 20.3. The number of hydrogen-bond donors (Lipinski definition) is 1. The lowest BCUT2D eigenvalue weighted by atomic mass is 10.2. The van der Waals surface area contributed by atoms with Gasteiger partial charge in [0.2, 0.25) is 5.96 Å². The summed E-state index contributed by atoms with van der Waals surface area (Å²) in [6.45, 7) is 0.574. The molecule has 0 radical (unpaired) electrons. The van der Waals surface area contributed by atoms with Crippen LogP contribution < -0.4 is 5.32 Å². The largest absolute Gasteiger partial charge is 0.444 e. The Morgan fingerprint density at radius 3 is 2.36 bits per heavy atom. The number of amides is 1. The zero-order valence-corrected chi connectivity index (χ0v) is 13.4. The maximum absolute atomic E-state index is 12.1. The first-order chi connectivity index (χ1) is 12.3. The van der Waals surface area contributed by atoms with E-state index in [0.29, 0.717) is 6.54 Å². The Labute approximate surface area is 145 Å². The molecule has 0 aliphatic heterocycles. The number of aliphatic imine (C=N–C) groups is 1. The van der Waals surface area contributed by atoms with E-state index in [0.717, 1.165) is 11.1 Å². The van der Waals surface area contributed by atoms with Gasteiger partial charge in [0, 0.05) is 0 Å². The van der Waals surface area contributed by atoms with Gasteiger partial charge in [-0.25, -0.2) is 14.8 Å². The van der Waals surface area contributed by atoms with E-state index in [-0.39, 0.29) is 12.6 Å². The van der Waals surface area contributed by atoms with Crippen LogP contribution in [0.25, 0.3) is 0 Å². The van der Waals surface area contributed by atoms with Crippen LogP contribution in [-0.2, 0) is 17.9 Å². The minimum atomic E-state index is -0.605. The molecule has 0 aliphatic carbocycles. The summed E-state index contributed by atoms with van der Waals surface area (Å²) in [5.74, 6) is 0.249. The van der Waals surface area contributed by atoms with Gasteiger partial charge in [-0.3, -0.25) is 5.32 Å². The lowest BCUT2D eigenvalue weighted by Gasteiger charge is -2.09. The molecule has 1 heterocycles. The van der Waals surface area contributed by atoms with Crippen molar-refractivity contribution < 1.29 is 9.53 Å². The second-order valence-electron chi connectivity index (χ2n) is 5.15. The van der Waals surface area contributed by atoms with Crippen molar-refractivity contribution >= 4 is 12.1 Å². The van der Waals surface area contributed by atoms with Gasteiger partial charge in [0.25, 0.3) is 0 Å². The first-order valence-corrected chi connectivity index (χ1v) is 7.72. The summed E-state index contributed by atoms with van der Waals surface area (Å²) in [6, 6.07) is 19.2. The average molecular weight is 335 g/mol. The highest BCUT2D eigenvalue weighted by Gasteiger charge is 2.10. The summed E-state index contributed by atoms with van der Waals surface area (Å²) >= 11 is 0. The summed E-state index contributed by atoms with van der Waals surface area (Å²) in [5.41, 5.74) is 1.92. The monoisotopic (exact) mass is 335 g/mol. The van der Waals surface area contributed by atoms with Crippen molar-refractivity contribution in [3.63, 3.8) is 0 Å². The van der Waals surface area contributed by atoms with E-state index in [1.165, 1.54) is 17.3 Å². The molecule has 0 spiro atoms. The van der Waals surface area contributed by atoms with Crippen LogP contribution in [0.1, 0.15) is 11.1 Å². The van der Waals surface area contributed by atoms with Gasteiger partial charge in [0.15, 0.2) is 0 Å². The molecule has 0 aliphatic rings. The average Bonchev–Trinajstić information content (AvgIpc) is 3.20. The summed E-state index contributed by atoms with van der Waals surface area (Å²) < 4.78 is 6.60. The topological polar surface area (TPSA) is 81.4 Å². The van der Waals surface area contributed by atoms with Gasteiger partial charge in [-0.2, -0.15) is 9.78 Å². The molecule has 0 atom stereocenters. The van der Waals surface area contributed by atoms with E-state index in [4.69, 9.17) is 4.74 Å². The molecule has 0 fully saturated rings. The Bertz CT molecular complexity index is 817. The van der Waals surface area contributed by atoms with Crippen LogP contribution in [0.4, 0.5) is 4.79 Å². The quantitative estimate of drug-likeness (QED) is 0.587. The SMILES string of the molecule is O=C(NC(=NCc1ccccc1)n1cncn1)OCc1ccccc1. The number of rotatable bonds is 4. The molecule has 7 heteroatoms. The molecule has 2 aromatic carbocycles. The number of alkyl carbamates (subject to hydrolysis) is 1. The predicted octanol–water partition coefficient (Wildman–Crippen LogP) is 2.61. The maximum Gasteiger partial charge on any atom is 0.414 e. The second kappa shape index (κ2) is 8.39. The van der Waals surface area contributed by atoms with Gasteiger partial charge in [0.05, 0.1) is 6.54 Å². The van der Waals surface area contributed by atoms with Gasteiger partial charge in [0.1, 0.15) is 19.3 Å². The van der Waals surface area contributed by atoms with E-state index in [1.807, 2.05) is 60.7 Å². The van der Waals surface area contributed by atoms with Crippen LogP contribution in [0.5, 0.6) is 0 Å². The van der Waals surface area contributed by atoms with Crippen molar-refractivity contribution in [1.29, 1.82) is 0 Å². The van der Waals surface area contributed by atoms with Gasteiger partial charge < -0.3 is 4.74 Å². The predicted molar refractivity (Wildman–Crippen MR) is 92.8 cm³/mol. The molecule has 0 unspecified atom stereocenters. The molecule has 1 amide bonds. The molecule has 0 saturated carbocycles. The molecule has 126 valence electrons. The zero-order chi connectivity index (χ0) is 17.3. The number of carbonyl (C=O) groups is 1. The first kappa shape index (κ1) is 16.4. The summed E-state index contributed by atoms with van der Waals surface area (Å²) in [7, 11) is 0. The third-order valence-electron chi connectivity index (χ3n) is 3.32.